The lowest BCUT2D eigenvalue weighted by molar-refractivity contribution is 0.312. The molecule has 154 valence electrons. The predicted octanol–water partition coefficient (Wildman–Crippen LogP) is 4.46. The van der Waals surface area contributed by atoms with Crippen molar-refractivity contribution < 1.29 is 8.95 Å². The second-order valence-electron chi connectivity index (χ2n) is 6.13. The minimum absolute atomic E-state index is 0.500. The van der Waals surface area contributed by atoms with Crippen molar-refractivity contribution >= 4 is 28.1 Å². The molecule has 2 aromatic rings. The van der Waals surface area contributed by atoms with Gasteiger partial charge in [-0.25, -0.2) is 18.5 Å². The Morgan fingerprint density at radius 3 is 2.52 bits per heavy atom. The van der Waals surface area contributed by atoms with E-state index < -0.39 is 11.0 Å². The van der Waals surface area contributed by atoms with Crippen molar-refractivity contribution in [3.8, 4) is 0 Å². The SMILES string of the molecule is C=C/C=C(\C(=C)OC)c1cc(Nc2ccc(CS(=O)N(CC)CC)cc2)ncn1. The van der Waals surface area contributed by atoms with Gasteiger partial charge < -0.3 is 10.1 Å². The normalized spacial score (nSPS) is 12.5. The van der Waals surface area contributed by atoms with Crippen LogP contribution in [-0.4, -0.2) is 38.7 Å². The molecule has 0 aliphatic rings. The van der Waals surface area contributed by atoms with Crippen LogP contribution in [0.3, 0.4) is 0 Å². The van der Waals surface area contributed by atoms with Crippen molar-refractivity contribution in [2.45, 2.75) is 19.6 Å². The number of ether oxygens (including phenoxy) is 1. The molecular weight excluding hydrogens is 384 g/mol. The van der Waals surface area contributed by atoms with Crippen LogP contribution in [0.25, 0.3) is 5.57 Å². The minimum atomic E-state index is -1.01. The number of hydrogen-bond acceptors (Lipinski definition) is 5. The number of allylic oxidation sites excluding steroid dienone is 3. The lowest BCUT2D eigenvalue weighted by Gasteiger charge is -2.17. The van der Waals surface area contributed by atoms with Crippen LogP contribution in [0.1, 0.15) is 25.1 Å². The summed E-state index contributed by atoms with van der Waals surface area (Å²) in [4.78, 5) is 8.58. The minimum Gasteiger partial charge on any atom is -0.497 e. The first-order chi connectivity index (χ1) is 14.0. The van der Waals surface area contributed by atoms with Crippen LogP contribution in [-0.2, 0) is 21.5 Å². The Morgan fingerprint density at radius 2 is 1.93 bits per heavy atom. The molecule has 1 aromatic heterocycles. The molecule has 1 atom stereocenters. The van der Waals surface area contributed by atoms with Crippen molar-refractivity contribution in [3.63, 3.8) is 0 Å². The van der Waals surface area contributed by atoms with Gasteiger partial charge in [0.05, 0.1) is 29.5 Å². The van der Waals surface area contributed by atoms with Gasteiger partial charge in [-0.2, -0.15) is 0 Å². The quantitative estimate of drug-likeness (QED) is 0.436. The van der Waals surface area contributed by atoms with Gasteiger partial charge in [0.2, 0.25) is 0 Å². The van der Waals surface area contributed by atoms with E-state index in [4.69, 9.17) is 4.74 Å². The molecule has 0 fully saturated rings. The second kappa shape index (κ2) is 11.3. The third-order valence-electron chi connectivity index (χ3n) is 4.28. The molecule has 1 heterocycles. The molecule has 0 saturated carbocycles. The van der Waals surface area contributed by atoms with Crippen LogP contribution in [0.2, 0.25) is 0 Å². The summed E-state index contributed by atoms with van der Waals surface area (Å²) in [6.45, 7) is 13.2. The first kappa shape index (κ1) is 22.5. The monoisotopic (exact) mass is 412 g/mol. The summed E-state index contributed by atoms with van der Waals surface area (Å²) >= 11 is 0. The van der Waals surface area contributed by atoms with E-state index in [1.54, 1.807) is 19.3 Å². The molecule has 7 heteroatoms. The molecule has 0 aliphatic carbocycles. The predicted molar refractivity (Wildman–Crippen MR) is 121 cm³/mol. The molecule has 29 heavy (non-hydrogen) atoms. The van der Waals surface area contributed by atoms with E-state index in [-0.39, 0.29) is 0 Å². The van der Waals surface area contributed by atoms with Crippen LogP contribution in [0.5, 0.6) is 0 Å². The molecule has 2 rings (SSSR count). The smallest absolute Gasteiger partial charge is 0.134 e. The van der Waals surface area contributed by atoms with E-state index in [1.165, 1.54) is 6.33 Å². The summed E-state index contributed by atoms with van der Waals surface area (Å²) in [7, 11) is 0.552. The van der Waals surface area contributed by atoms with Crippen molar-refractivity contribution in [1.82, 2.24) is 14.3 Å². The Bertz CT molecular complexity index is 890. The van der Waals surface area contributed by atoms with Crippen molar-refractivity contribution in [1.29, 1.82) is 0 Å². The molecule has 0 spiro atoms. The van der Waals surface area contributed by atoms with E-state index in [2.05, 4.69) is 28.4 Å². The summed E-state index contributed by atoms with van der Waals surface area (Å²) in [6, 6.07) is 9.67. The molecule has 1 aromatic carbocycles. The first-order valence-electron chi connectivity index (χ1n) is 9.40. The van der Waals surface area contributed by atoms with Gasteiger partial charge in [-0.05, 0) is 23.8 Å². The molecule has 1 unspecified atom stereocenters. The number of anilines is 2. The molecule has 0 radical (unpaired) electrons. The Balaban J connectivity index is 2.12. The summed E-state index contributed by atoms with van der Waals surface area (Å²) in [6.07, 6.45) is 4.94. The lowest BCUT2D eigenvalue weighted by atomic mass is 10.1. The number of nitrogens with one attached hydrogen (secondary N) is 1. The van der Waals surface area contributed by atoms with Gasteiger partial charge in [0.1, 0.15) is 17.9 Å². The largest absolute Gasteiger partial charge is 0.497 e. The first-order valence-corrected chi connectivity index (χ1v) is 10.7. The fraction of sp³-hybridized carbons (Fsp3) is 0.273. The second-order valence-corrected chi connectivity index (χ2v) is 7.58. The highest BCUT2D eigenvalue weighted by molar-refractivity contribution is 7.81. The highest BCUT2D eigenvalue weighted by Crippen LogP contribution is 2.23. The number of aromatic nitrogens is 2. The van der Waals surface area contributed by atoms with Gasteiger partial charge in [-0.3, -0.25) is 0 Å². The topological polar surface area (TPSA) is 67.3 Å². The van der Waals surface area contributed by atoms with Gasteiger partial charge >= 0.3 is 0 Å². The fourth-order valence-electron chi connectivity index (χ4n) is 2.70. The molecule has 6 nitrogen and oxygen atoms in total. The van der Waals surface area contributed by atoms with E-state index in [1.807, 2.05) is 48.5 Å². The molecule has 0 amide bonds. The summed E-state index contributed by atoms with van der Waals surface area (Å²) < 4.78 is 19.5. The van der Waals surface area contributed by atoms with Crippen LogP contribution < -0.4 is 5.32 Å². The maximum atomic E-state index is 12.4. The summed E-state index contributed by atoms with van der Waals surface area (Å²) in [5, 5.41) is 3.26. The zero-order valence-electron chi connectivity index (χ0n) is 17.2. The number of hydrogen-bond donors (Lipinski definition) is 1. The highest BCUT2D eigenvalue weighted by Gasteiger charge is 2.11. The van der Waals surface area contributed by atoms with E-state index in [9.17, 15) is 4.21 Å². The summed E-state index contributed by atoms with van der Waals surface area (Å²) in [5.41, 5.74) is 3.33. The number of benzene rings is 1. The van der Waals surface area contributed by atoms with Gasteiger partial charge in [0.25, 0.3) is 0 Å². The Morgan fingerprint density at radius 1 is 1.24 bits per heavy atom. The Labute approximate surface area is 175 Å². The van der Waals surface area contributed by atoms with E-state index >= 15 is 0 Å². The third kappa shape index (κ3) is 6.37. The number of rotatable bonds is 11. The van der Waals surface area contributed by atoms with Gasteiger partial charge in [-0.15, -0.1) is 0 Å². The van der Waals surface area contributed by atoms with Crippen LogP contribution >= 0.6 is 0 Å². The maximum absolute atomic E-state index is 12.4. The summed E-state index contributed by atoms with van der Waals surface area (Å²) in [5.74, 6) is 1.66. The van der Waals surface area contributed by atoms with Crippen LogP contribution in [0.4, 0.5) is 11.5 Å². The third-order valence-corrected chi connectivity index (χ3v) is 5.96. The van der Waals surface area contributed by atoms with Crippen molar-refractivity contribution in [2.24, 2.45) is 0 Å². The highest BCUT2D eigenvalue weighted by atomic mass is 32.2. The average molecular weight is 413 g/mol. The van der Waals surface area contributed by atoms with Crippen LogP contribution in [0.15, 0.2) is 67.7 Å². The molecule has 0 bridgehead atoms. The standard InChI is InChI=1S/C22H28N4O2S/c1-6-9-20(17(4)28-5)21-14-22(24-16-23-21)25-19-12-10-18(11-13-19)15-29(27)26(7-2)8-3/h6,9-14,16H,1,4,7-8,15H2,2-3,5H3,(H,23,24,25)/b20-9+. The van der Waals surface area contributed by atoms with Gasteiger partial charge in [0, 0.05) is 30.4 Å². The molecule has 1 N–H and O–H groups in total. The number of nitrogens with zero attached hydrogens (tertiary/aromatic N) is 3. The fourth-order valence-corrected chi connectivity index (χ4v) is 3.94. The zero-order valence-corrected chi connectivity index (χ0v) is 18.0. The Kier molecular flexibility index (Phi) is 8.76. The molecular formula is C22H28N4O2S. The van der Waals surface area contributed by atoms with E-state index in [0.29, 0.717) is 23.0 Å². The van der Waals surface area contributed by atoms with Gasteiger partial charge in [0.15, 0.2) is 0 Å². The van der Waals surface area contributed by atoms with Gasteiger partial charge in [-0.1, -0.05) is 45.2 Å². The molecule has 0 saturated heterocycles. The zero-order chi connectivity index (χ0) is 21.2. The maximum Gasteiger partial charge on any atom is 0.134 e. The van der Waals surface area contributed by atoms with Crippen molar-refractivity contribution in [2.75, 3.05) is 25.5 Å². The number of methoxy groups -OCH3 is 1. The van der Waals surface area contributed by atoms with Crippen LogP contribution in [0, 0.1) is 0 Å². The lowest BCUT2D eigenvalue weighted by Crippen LogP contribution is -2.26. The molecule has 0 aliphatic heterocycles. The average Bonchev–Trinajstić information content (AvgIpc) is 2.74. The van der Waals surface area contributed by atoms with E-state index in [0.717, 1.165) is 29.9 Å². The Hall–Kier alpha value is -2.77. The van der Waals surface area contributed by atoms with Crippen molar-refractivity contribution in [3.05, 3.63) is 79.0 Å².